The first-order valence-corrected chi connectivity index (χ1v) is 7.16. The fourth-order valence-corrected chi connectivity index (χ4v) is 2.99. The van der Waals surface area contributed by atoms with Crippen LogP contribution in [0.3, 0.4) is 0 Å². The van der Waals surface area contributed by atoms with Crippen LogP contribution in [0.15, 0.2) is 28.7 Å². The number of rotatable bonds is 6. The van der Waals surface area contributed by atoms with Crippen LogP contribution in [0.25, 0.3) is 0 Å². The maximum absolute atomic E-state index is 11.5. The van der Waals surface area contributed by atoms with E-state index in [0.717, 1.165) is 22.3 Å². The monoisotopic (exact) mass is 316 g/mol. The predicted octanol–water partition coefficient (Wildman–Crippen LogP) is 2.27. The molecule has 0 fully saturated rings. The molecule has 1 atom stereocenters. The van der Waals surface area contributed by atoms with Crippen LogP contribution < -0.4 is 5.73 Å². The van der Waals surface area contributed by atoms with E-state index in [9.17, 15) is 4.79 Å². The molecule has 3 nitrogen and oxygen atoms in total. The van der Waals surface area contributed by atoms with Gasteiger partial charge in [-0.3, -0.25) is 4.79 Å². The Morgan fingerprint density at radius 1 is 1.53 bits per heavy atom. The van der Waals surface area contributed by atoms with Crippen molar-refractivity contribution in [2.45, 2.75) is 5.25 Å². The van der Waals surface area contributed by atoms with Crippen molar-refractivity contribution in [3.8, 4) is 0 Å². The maximum atomic E-state index is 11.5. The standard InChI is InChI=1S/C12H17BrN2OS/c1-15(2)6-7-17-11(12(14)16)9-4-3-5-10(13)8-9/h3-5,8,11H,6-7H2,1-2H3,(H2,14,16). The average molecular weight is 317 g/mol. The van der Waals surface area contributed by atoms with Gasteiger partial charge < -0.3 is 10.6 Å². The van der Waals surface area contributed by atoms with E-state index >= 15 is 0 Å². The van der Waals surface area contributed by atoms with E-state index in [4.69, 9.17) is 5.73 Å². The summed E-state index contributed by atoms with van der Waals surface area (Å²) in [5.74, 6) is 0.597. The molecule has 0 saturated heterocycles. The van der Waals surface area contributed by atoms with Crippen molar-refractivity contribution >= 4 is 33.6 Å². The summed E-state index contributed by atoms with van der Waals surface area (Å²) in [7, 11) is 4.03. The van der Waals surface area contributed by atoms with E-state index < -0.39 is 0 Å². The second-order valence-electron chi connectivity index (χ2n) is 4.01. The zero-order valence-corrected chi connectivity index (χ0v) is 12.4. The van der Waals surface area contributed by atoms with Crippen LogP contribution in [-0.2, 0) is 4.79 Å². The van der Waals surface area contributed by atoms with Crippen LogP contribution >= 0.6 is 27.7 Å². The average Bonchev–Trinajstić information content (AvgIpc) is 2.23. The molecule has 0 heterocycles. The third-order valence-electron chi connectivity index (χ3n) is 2.23. The number of hydrogen-bond acceptors (Lipinski definition) is 3. The summed E-state index contributed by atoms with van der Waals surface area (Å²) in [5, 5.41) is -0.271. The van der Waals surface area contributed by atoms with Gasteiger partial charge in [0.05, 0.1) is 0 Å². The van der Waals surface area contributed by atoms with E-state index in [1.165, 1.54) is 0 Å². The molecule has 0 saturated carbocycles. The minimum Gasteiger partial charge on any atom is -0.368 e. The second kappa shape index (κ2) is 7.03. The van der Waals surface area contributed by atoms with Gasteiger partial charge in [0.1, 0.15) is 5.25 Å². The van der Waals surface area contributed by atoms with Crippen molar-refractivity contribution in [3.05, 3.63) is 34.3 Å². The van der Waals surface area contributed by atoms with Crippen LogP contribution in [-0.4, -0.2) is 37.2 Å². The van der Waals surface area contributed by atoms with Crippen LogP contribution in [0.5, 0.6) is 0 Å². The van der Waals surface area contributed by atoms with Gasteiger partial charge in [0, 0.05) is 16.8 Å². The van der Waals surface area contributed by atoms with Crippen molar-refractivity contribution in [2.24, 2.45) is 5.73 Å². The van der Waals surface area contributed by atoms with Gasteiger partial charge in [-0.1, -0.05) is 28.1 Å². The number of halogens is 1. The summed E-state index contributed by atoms with van der Waals surface area (Å²) < 4.78 is 0.967. The van der Waals surface area contributed by atoms with Crippen molar-refractivity contribution < 1.29 is 4.79 Å². The van der Waals surface area contributed by atoms with Crippen LogP contribution in [0.2, 0.25) is 0 Å². The molecule has 1 amide bonds. The number of amides is 1. The van der Waals surface area contributed by atoms with Gasteiger partial charge in [-0.15, -0.1) is 11.8 Å². The smallest absolute Gasteiger partial charge is 0.235 e. The zero-order valence-electron chi connectivity index (χ0n) is 10.0. The van der Waals surface area contributed by atoms with Crippen LogP contribution in [0.1, 0.15) is 10.8 Å². The lowest BCUT2D eigenvalue weighted by molar-refractivity contribution is -0.117. The summed E-state index contributed by atoms with van der Waals surface area (Å²) in [6.07, 6.45) is 0. The highest BCUT2D eigenvalue weighted by molar-refractivity contribution is 9.10. The number of nitrogens with two attached hydrogens (primary N) is 1. The molecule has 17 heavy (non-hydrogen) atoms. The lowest BCUT2D eigenvalue weighted by Crippen LogP contribution is -2.21. The summed E-state index contributed by atoms with van der Waals surface area (Å²) in [5.41, 5.74) is 6.40. The zero-order chi connectivity index (χ0) is 12.8. The molecular weight excluding hydrogens is 300 g/mol. The van der Waals surface area contributed by atoms with Crippen molar-refractivity contribution in [1.29, 1.82) is 0 Å². The van der Waals surface area contributed by atoms with Gasteiger partial charge in [0.15, 0.2) is 0 Å². The molecule has 0 aliphatic carbocycles. The normalized spacial score (nSPS) is 12.7. The molecule has 1 aromatic rings. The van der Waals surface area contributed by atoms with Crippen molar-refractivity contribution in [2.75, 3.05) is 26.4 Å². The molecule has 0 spiro atoms. The lowest BCUT2D eigenvalue weighted by atomic mass is 10.1. The topological polar surface area (TPSA) is 46.3 Å². The summed E-state index contributed by atoms with van der Waals surface area (Å²) in [6, 6.07) is 7.73. The Bertz CT molecular complexity index is 385. The number of primary amides is 1. The Hall–Kier alpha value is -0.520. The Kier molecular flexibility index (Phi) is 6.02. The number of thioether (sulfide) groups is 1. The third-order valence-corrected chi connectivity index (χ3v) is 3.98. The third kappa shape index (κ3) is 5.10. The van der Waals surface area contributed by atoms with E-state index in [1.807, 2.05) is 38.4 Å². The first-order chi connectivity index (χ1) is 8.00. The summed E-state index contributed by atoms with van der Waals surface area (Å²) >= 11 is 4.98. The molecule has 94 valence electrons. The van der Waals surface area contributed by atoms with Crippen molar-refractivity contribution in [3.63, 3.8) is 0 Å². The van der Waals surface area contributed by atoms with E-state index in [1.54, 1.807) is 11.8 Å². The van der Waals surface area contributed by atoms with Gasteiger partial charge in [-0.05, 0) is 31.8 Å². The van der Waals surface area contributed by atoms with E-state index in [-0.39, 0.29) is 11.2 Å². The highest BCUT2D eigenvalue weighted by Gasteiger charge is 2.18. The molecule has 0 bridgehead atoms. The van der Waals surface area contributed by atoms with Gasteiger partial charge in [-0.25, -0.2) is 0 Å². The minimum absolute atomic E-state index is 0.271. The molecule has 1 unspecified atom stereocenters. The molecule has 0 aliphatic rings. The van der Waals surface area contributed by atoms with Gasteiger partial charge in [0.2, 0.25) is 5.91 Å². The molecule has 0 aromatic heterocycles. The molecule has 0 radical (unpaired) electrons. The molecule has 0 aliphatic heterocycles. The number of carbonyl (C=O) groups excluding carboxylic acids is 1. The van der Waals surface area contributed by atoms with E-state index in [2.05, 4.69) is 20.8 Å². The van der Waals surface area contributed by atoms with Gasteiger partial charge in [-0.2, -0.15) is 0 Å². The first kappa shape index (κ1) is 14.5. The highest BCUT2D eigenvalue weighted by atomic mass is 79.9. The summed E-state index contributed by atoms with van der Waals surface area (Å²) in [6.45, 7) is 0.933. The van der Waals surface area contributed by atoms with Gasteiger partial charge >= 0.3 is 0 Å². The number of nitrogens with zero attached hydrogens (tertiary/aromatic N) is 1. The van der Waals surface area contributed by atoms with Crippen LogP contribution in [0, 0.1) is 0 Å². The van der Waals surface area contributed by atoms with Crippen LogP contribution in [0.4, 0.5) is 0 Å². The highest BCUT2D eigenvalue weighted by Crippen LogP contribution is 2.29. The van der Waals surface area contributed by atoms with Crippen molar-refractivity contribution in [1.82, 2.24) is 4.90 Å². The largest absolute Gasteiger partial charge is 0.368 e. The first-order valence-electron chi connectivity index (χ1n) is 5.32. The number of hydrogen-bond donors (Lipinski definition) is 1. The SMILES string of the molecule is CN(C)CCSC(C(N)=O)c1cccc(Br)c1. The summed E-state index contributed by atoms with van der Waals surface area (Å²) in [4.78, 5) is 13.5. The number of carbonyl (C=O) groups is 1. The Balaban J connectivity index is 2.69. The molecule has 2 N–H and O–H groups in total. The fourth-order valence-electron chi connectivity index (χ4n) is 1.37. The fraction of sp³-hybridized carbons (Fsp3) is 0.417. The molecule has 1 aromatic carbocycles. The van der Waals surface area contributed by atoms with Gasteiger partial charge in [0.25, 0.3) is 0 Å². The van der Waals surface area contributed by atoms with E-state index in [0.29, 0.717) is 0 Å². The quantitative estimate of drug-likeness (QED) is 0.875. The minimum atomic E-state index is -0.285. The molecule has 5 heteroatoms. The molecular formula is C12H17BrN2OS. The Labute approximate surface area is 115 Å². The predicted molar refractivity (Wildman–Crippen MR) is 77.1 cm³/mol. The second-order valence-corrected chi connectivity index (χ2v) is 6.14. The Morgan fingerprint density at radius 3 is 2.76 bits per heavy atom. The maximum Gasteiger partial charge on any atom is 0.235 e. The molecule has 1 rings (SSSR count). The Morgan fingerprint density at radius 2 is 2.24 bits per heavy atom. The number of benzene rings is 1. The lowest BCUT2D eigenvalue weighted by Gasteiger charge is -2.15.